The first-order valence-corrected chi connectivity index (χ1v) is 22.2. The normalized spacial score (nSPS) is 12.6. The Morgan fingerprint density at radius 1 is 0.520 bits per heavy atom. The van der Waals surface area contributed by atoms with Gasteiger partial charge >= 0.3 is 19.8 Å². The highest BCUT2D eigenvalue weighted by molar-refractivity contribution is 7.46. The Labute approximate surface area is 307 Å². The van der Waals surface area contributed by atoms with Gasteiger partial charge in [-0.2, -0.15) is 0 Å². The van der Waals surface area contributed by atoms with Crippen molar-refractivity contribution in [1.29, 1.82) is 0 Å². The van der Waals surface area contributed by atoms with E-state index in [1.165, 1.54) is 128 Å². The molecule has 0 heterocycles. The van der Waals surface area contributed by atoms with E-state index in [0.29, 0.717) is 6.42 Å². The average molecular weight is 729 g/mol. The van der Waals surface area contributed by atoms with E-state index in [9.17, 15) is 14.2 Å². The Balaban J connectivity index is 3.94. The molecule has 0 saturated carbocycles. The third kappa shape index (κ3) is 39.3. The summed E-state index contributed by atoms with van der Waals surface area (Å²) in [5.41, 5.74) is 0. The number of carbonyl (C=O) groups is 2. The Hall–Kier alpha value is -1.47. The summed E-state index contributed by atoms with van der Waals surface area (Å²) in [6.45, 7) is 3.66. The number of phosphoric ester groups is 1. The number of phosphoric acid groups is 1. The highest BCUT2D eigenvalue weighted by Crippen LogP contribution is 2.36. The molecule has 9 heteroatoms. The topological polar surface area (TPSA) is 119 Å². The minimum atomic E-state index is -4.76. The zero-order valence-electron chi connectivity index (χ0n) is 32.3. The van der Waals surface area contributed by atoms with Gasteiger partial charge in [0.15, 0.2) is 6.10 Å². The molecule has 0 bridgehead atoms. The molecule has 0 aromatic carbocycles. The van der Waals surface area contributed by atoms with Crippen molar-refractivity contribution in [2.45, 2.75) is 213 Å². The van der Waals surface area contributed by atoms with Crippen LogP contribution in [0.25, 0.3) is 0 Å². The Kier molecular flexibility index (Phi) is 36.2. The summed E-state index contributed by atoms with van der Waals surface area (Å²) in [6, 6.07) is 0. The van der Waals surface area contributed by atoms with Crippen molar-refractivity contribution in [3.8, 4) is 0 Å². The minimum absolute atomic E-state index is 0.172. The molecular weight excluding hydrogens is 651 g/mol. The molecule has 0 aliphatic carbocycles. The largest absolute Gasteiger partial charge is 0.469 e. The van der Waals surface area contributed by atoms with Gasteiger partial charge in [0.2, 0.25) is 0 Å². The highest BCUT2D eigenvalue weighted by atomic mass is 31.2. The van der Waals surface area contributed by atoms with Gasteiger partial charge in [0.1, 0.15) is 6.61 Å². The van der Waals surface area contributed by atoms with Crippen LogP contribution in [0.5, 0.6) is 0 Å². The zero-order chi connectivity index (χ0) is 36.8. The summed E-state index contributed by atoms with van der Waals surface area (Å²) in [5.74, 6) is -0.914. The van der Waals surface area contributed by atoms with Crippen LogP contribution in [-0.4, -0.2) is 41.0 Å². The fourth-order valence-corrected chi connectivity index (χ4v) is 6.23. The monoisotopic (exact) mass is 729 g/mol. The lowest BCUT2D eigenvalue weighted by Crippen LogP contribution is -2.29. The van der Waals surface area contributed by atoms with Crippen LogP contribution in [0.2, 0.25) is 0 Å². The van der Waals surface area contributed by atoms with Gasteiger partial charge in [0.05, 0.1) is 6.61 Å². The standard InChI is InChI=1S/C41H77O8P/c1-3-5-7-9-11-13-15-17-19-20-22-23-25-27-29-31-33-35-40(42)47-37-39(38-48-50(44,45)46)49-41(43)36-34-32-30-28-26-24-21-18-16-14-12-10-8-6-4-2/h18,21,26,28,39H,3-17,19-20,22-25,27,29-38H2,1-2H3,(H2,44,45,46)/b21-18+,28-26+/t39-/m1/s1. The number of rotatable bonds is 38. The van der Waals surface area contributed by atoms with Crippen molar-refractivity contribution < 1.29 is 37.9 Å². The van der Waals surface area contributed by atoms with Crippen LogP contribution in [0, 0.1) is 0 Å². The van der Waals surface area contributed by atoms with Gasteiger partial charge in [0, 0.05) is 12.8 Å². The maximum absolute atomic E-state index is 12.4. The first-order valence-electron chi connectivity index (χ1n) is 20.6. The lowest BCUT2D eigenvalue weighted by molar-refractivity contribution is -0.161. The molecule has 0 aromatic heterocycles. The van der Waals surface area contributed by atoms with E-state index < -0.39 is 32.5 Å². The molecule has 0 amide bonds. The molecule has 0 aliphatic heterocycles. The van der Waals surface area contributed by atoms with Crippen molar-refractivity contribution in [2.24, 2.45) is 0 Å². The number of hydrogen-bond acceptors (Lipinski definition) is 6. The molecule has 0 aromatic rings. The van der Waals surface area contributed by atoms with E-state index in [-0.39, 0.29) is 19.4 Å². The van der Waals surface area contributed by atoms with Gasteiger partial charge in [-0.3, -0.25) is 14.1 Å². The maximum Gasteiger partial charge on any atom is 0.469 e. The molecule has 0 fully saturated rings. The summed E-state index contributed by atoms with van der Waals surface area (Å²) >= 11 is 0. The predicted molar refractivity (Wildman–Crippen MR) is 207 cm³/mol. The van der Waals surface area contributed by atoms with E-state index in [1.807, 2.05) is 0 Å². The predicted octanol–water partition coefficient (Wildman–Crippen LogP) is 12.4. The van der Waals surface area contributed by atoms with Crippen LogP contribution in [0.15, 0.2) is 24.3 Å². The number of unbranched alkanes of at least 4 members (excludes halogenated alkanes) is 24. The maximum atomic E-state index is 12.4. The Morgan fingerprint density at radius 2 is 0.900 bits per heavy atom. The van der Waals surface area contributed by atoms with E-state index in [4.69, 9.17) is 19.3 Å². The number of ether oxygens (including phenoxy) is 2. The smallest absolute Gasteiger partial charge is 0.462 e. The molecule has 0 aliphatic rings. The second kappa shape index (κ2) is 37.3. The molecule has 0 unspecified atom stereocenters. The third-order valence-corrected chi connectivity index (χ3v) is 9.46. The molecule has 0 rings (SSSR count). The van der Waals surface area contributed by atoms with Crippen molar-refractivity contribution in [3.05, 3.63) is 24.3 Å². The van der Waals surface area contributed by atoms with Gasteiger partial charge in [-0.15, -0.1) is 0 Å². The Bertz CT molecular complexity index is 869. The highest BCUT2D eigenvalue weighted by Gasteiger charge is 2.22. The van der Waals surface area contributed by atoms with Gasteiger partial charge in [-0.25, -0.2) is 4.57 Å². The second-order valence-electron chi connectivity index (χ2n) is 14.0. The fraction of sp³-hybridized carbons (Fsp3) is 0.854. The molecule has 0 spiro atoms. The first kappa shape index (κ1) is 48.5. The van der Waals surface area contributed by atoms with Crippen LogP contribution >= 0.6 is 7.82 Å². The van der Waals surface area contributed by atoms with E-state index in [2.05, 4.69) is 42.7 Å². The molecule has 0 radical (unpaired) electrons. The van der Waals surface area contributed by atoms with Crippen molar-refractivity contribution in [3.63, 3.8) is 0 Å². The molecule has 50 heavy (non-hydrogen) atoms. The van der Waals surface area contributed by atoms with Crippen molar-refractivity contribution in [1.82, 2.24) is 0 Å². The molecule has 0 saturated heterocycles. The molecule has 294 valence electrons. The van der Waals surface area contributed by atoms with Gasteiger partial charge in [-0.1, -0.05) is 173 Å². The molecular formula is C41H77O8P. The Morgan fingerprint density at radius 3 is 1.36 bits per heavy atom. The second-order valence-corrected chi connectivity index (χ2v) is 15.2. The number of carbonyl (C=O) groups excluding carboxylic acids is 2. The fourth-order valence-electron chi connectivity index (χ4n) is 5.87. The molecule has 2 N–H and O–H groups in total. The van der Waals surface area contributed by atoms with Crippen LogP contribution in [0.4, 0.5) is 0 Å². The molecule has 8 nitrogen and oxygen atoms in total. The summed E-state index contributed by atoms with van der Waals surface area (Å²) in [5, 5.41) is 0. The molecule has 1 atom stereocenters. The third-order valence-electron chi connectivity index (χ3n) is 8.97. The van der Waals surface area contributed by atoms with Crippen LogP contribution in [0.3, 0.4) is 0 Å². The van der Waals surface area contributed by atoms with Crippen LogP contribution in [0.1, 0.15) is 206 Å². The number of esters is 2. The van der Waals surface area contributed by atoms with E-state index in [0.717, 1.165) is 44.9 Å². The average Bonchev–Trinajstić information content (AvgIpc) is 3.08. The van der Waals surface area contributed by atoms with Crippen LogP contribution < -0.4 is 0 Å². The van der Waals surface area contributed by atoms with Gasteiger partial charge in [0.25, 0.3) is 0 Å². The van der Waals surface area contributed by atoms with Crippen molar-refractivity contribution >= 4 is 19.8 Å². The minimum Gasteiger partial charge on any atom is -0.462 e. The summed E-state index contributed by atoms with van der Waals surface area (Å²) in [7, 11) is -4.76. The zero-order valence-corrected chi connectivity index (χ0v) is 33.2. The van der Waals surface area contributed by atoms with Gasteiger partial charge in [-0.05, 0) is 44.9 Å². The summed E-state index contributed by atoms with van der Waals surface area (Å²) in [6.07, 6.45) is 41.9. The number of allylic oxidation sites excluding steroid dienone is 4. The number of hydrogen-bond donors (Lipinski definition) is 2. The lowest BCUT2D eigenvalue weighted by Gasteiger charge is -2.18. The summed E-state index contributed by atoms with van der Waals surface area (Å²) < 4.78 is 26.3. The SMILES string of the molecule is CCCCCCCC/C=C/C/C=C/CCCCC(=O)O[C@H](COC(=O)CCCCCCCCCCCCCCCCCCC)COP(=O)(O)O. The van der Waals surface area contributed by atoms with Crippen molar-refractivity contribution in [2.75, 3.05) is 13.2 Å². The van der Waals surface area contributed by atoms with E-state index >= 15 is 0 Å². The first-order chi connectivity index (χ1) is 24.3. The summed E-state index contributed by atoms with van der Waals surface area (Å²) in [4.78, 5) is 42.8. The van der Waals surface area contributed by atoms with Gasteiger partial charge < -0.3 is 19.3 Å². The lowest BCUT2D eigenvalue weighted by atomic mass is 10.0. The quantitative estimate of drug-likeness (QED) is 0.0279. The van der Waals surface area contributed by atoms with E-state index in [1.54, 1.807) is 0 Å². The van der Waals surface area contributed by atoms with Crippen LogP contribution in [-0.2, 0) is 28.2 Å².